The molecule has 0 fully saturated rings. The molecule has 0 radical (unpaired) electrons. The Bertz CT molecular complexity index is 593. The lowest BCUT2D eigenvalue weighted by Crippen LogP contribution is -2.33. The van der Waals surface area contributed by atoms with Crippen LogP contribution in [0.15, 0.2) is 36.7 Å². The summed E-state index contributed by atoms with van der Waals surface area (Å²) in [7, 11) is 0. The highest BCUT2D eigenvalue weighted by atomic mass is 35.5. The summed E-state index contributed by atoms with van der Waals surface area (Å²) in [4.78, 5) is 24.9. The number of amides is 1. The fourth-order valence-corrected chi connectivity index (χ4v) is 1.73. The predicted molar refractivity (Wildman–Crippen MR) is 72.3 cm³/mol. The molecule has 5 nitrogen and oxygen atoms in total. The highest BCUT2D eigenvalue weighted by molar-refractivity contribution is 6.35. The molecule has 7 heteroatoms. The van der Waals surface area contributed by atoms with Gasteiger partial charge in [-0.15, -0.1) is 5.06 Å². The van der Waals surface area contributed by atoms with Gasteiger partial charge in [0.15, 0.2) is 5.75 Å². The Morgan fingerprint density at radius 2 is 1.95 bits per heavy atom. The van der Waals surface area contributed by atoms with Crippen LogP contribution in [-0.4, -0.2) is 15.9 Å². The summed E-state index contributed by atoms with van der Waals surface area (Å²) in [6.45, 7) is 1.33. The van der Waals surface area contributed by atoms with Gasteiger partial charge < -0.3 is 4.84 Å². The molecule has 0 unspecified atom stereocenters. The minimum atomic E-state index is -0.378. The maximum Gasteiger partial charge on any atom is 0.267 e. The fourth-order valence-electron chi connectivity index (χ4n) is 1.29. The second kappa shape index (κ2) is 5.86. The molecule has 0 spiro atoms. The van der Waals surface area contributed by atoms with Gasteiger partial charge in [0, 0.05) is 24.3 Å². The Hall–Kier alpha value is -1.85. The van der Waals surface area contributed by atoms with E-state index in [4.69, 9.17) is 28.0 Å². The largest absolute Gasteiger partial charge is 0.367 e. The number of carbonyl (C=O) groups excluding carboxylic acids is 1. The number of nitrogens with zero attached hydrogens (tertiary/aromatic N) is 3. The highest BCUT2D eigenvalue weighted by Crippen LogP contribution is 2.28. The quantitative estimate of drug-likeness (QED) is 0.817. The zero-order valence-corrected chi connectivity index (χ0v) is 11.4. The van der Waals surface area contributed by atoms with E-state index in [0.29, 0.717) is 5.02 Å². The maximum atomic E-state index is 11.6. The maximum absolute atomic E-state index is 11.6. The van der Waals surface area contributed by atoms with Crippen LogP contribution >= 0.6 is 23.2 Å². The van der Waals surface area contributed by atoms with E-state index in [2.05, 4.69) is 9.97 Å². The predicted octanol–water partition coefficient (Wildman–Crippen LogP) is 3.13. The van der Waals surface area contributed by atoms with Gasteiger partial charge in [-0.2, -0.15) is 0 Å². The van der Waals surface area contributed by atoms with Crippen LogP contribution in [-0.2, 0) is 4.79 Å². The molecule has 0 N–H and O–H groups in total. The molecule has 1 amide bonds. The molecule has 0 bridgehead atoms. The molecular formula is C12H9Cl2N3O2. The molecule has 1 aromatic heterocycles. The Labute approximate surface area is 119 Å². The molecule has 0 saturated heterocycles. The molecule has 0 aliphatic rings. The van der Waals surface area contributed by atoms with Crippen LogP contribution in [0.2, 0.25) is 10.0 Å². The Balaban J connectivity index is 2.29. The third kappa shape index (κ3) is 3.33. The second-order valence-electron chi connectivity index (χ2n) is 3.53. The molecule has 1 heterocycles. The van der Waals surface area contributed by atoms with Crippen molar-refractivity contribution >= 4 is 35.1 Å². The van der Waals surface area contributed by atoms with E-state index in [1.54, 1.807) is 18.2 Å². The van der Waals surface area contributed by atoms with Crippen LogP contribution in [0.5, 0.6) is 5.75 Å². The zero-order chi connectivity index (χ0) is 13.8. The number of benzene rings is 1. The van der Waals surface area contributed by atoms with Gasteiger partial charge in [0.05, 0.1) is 5.02 Å². The molecule has 19 heavy (non-hydrogen) atoms. The molecule has 0 saturated carbocycles. The molecule has 0 aliphatic carbocycles. The van der Waals surface area contributed by atoms with E-state index in [0.717, 1.165) is 5.06 Å². The van der Waals surface area contributed by atoms with Crippen molar-refractivity contribution in [2.24, 2.45) is 0 Å². The van der Waals surface area contributed by atoms with Crippen molar-refractivity contribution in [3.8, 4) is 5.75 Å². The Morgan fingerprint density at radius 3 is 2.53 bits per heavy atom. The minimum Gasteiger partial charge on any atom is -0.367 e. The van der Waals surface area contributed by atoms with E-state index < -0.39 is 0 Å². The first-order chi connectivity index (χ1) is 9.08. The SMILES string of the molecule is CC(=O)N(Oc1ccc(Cl)cc1Cl)c1ncccn1. The lowest BCUT2D eigenvalue weighted by molar-refractivity contribution is -0.120. The van der Waals surface area contributed by atoms with Gasteiger partial charge >= 0.3 is 0 Å². The third-order valence-corrected chi connectivity index (χ3v) is 2.63. The van der Waals surface area contributed by atoms with Crippen molar-refractivity contribution in [1.29, 1.82) is 0 Å². The average molecular weight is 298 g/mol. The lowest BCUT2D eigenvalue weighted by atomic mass is 10.3. The highest BCUT2D eigenvalue weighted by Gasteiger charge is 2.18. The molecule has 0 atom stereocenters. The topological polar surface area (TPSA) is 55.3 Å². The van der Waals surface area contributed by atoms with Crippen molar-refractivity contribution in [2.75, 3.05) is 5.06 Å². The van der Waals surface area contributed by atoms with Crippen molar-refractivity contribution in [2.45, 2.75) is 6.92 Å². The van der Waals surface area contributed by atoms with Crippen molar-refractivity contribution in [3.63, 3.8) is 0 Å². The summed E-state index contributed by atoms with van der Waals surface area (Å²) in [5.41, 5.74) is 0. The number of aromatic nitrogens is 2. The van der Waals surface area contributed by atoms with Crippen LogP contribution in [0.4, 0.5) is 5.95 Å². The van der Waals surface area contributed by atoms with Crippen molar-refractivity contribution in [3.05, 3.63) is 46.7 Å². The Morgan fingerprint density at radius 1 is 1.26 bits per heavy atom. The van der Waals surface area contributed by atoms with E-state index in [9.17, 15) is 4.79 Å². The van der Waals surface area contributed by atoms with Gasteiger partial charge in [0.25, 0.3) is 11.9 Å². The summed E-state index contributed by atoms with van der Waals surface area (Å²) >= 11 is 11.8. The average Bonchev–Trinajstić information content (AvgIpc) is 2.38. The van der Waals surface area contributed by atoms with E-state index >= 15 is 0 Å². The molecular weight excluding hydrogens is 289 g/mol. The van der Waals surface area contributed by atoms with Gasteiger partial charge in [-0.25, -0.2) is 9.97 Å². The summed E-state index contributed by atoms with van der Waals surface area (Å²) in [6.07, 6.45) is 3.01. The Kier molecular flexibility index (Phi) is 4.19. The summed E-state index contributed by atoms with van der Waals surface area (Å²) in [5, 5.41) is 1.71. The molecule has 98 valence electrons. The van der Waals surface area contributed by atoms with Gasteiger partial charge in [-0.3, -0.25) is 4.79 Å². The summed E-state index contributed by atoms with van der Waals surface area (Å²) < 4.78 is 0. The van der Waals surface area contributed by atoms with Gasteiger partial charge in [0.2, 0.25) is 0 Å². The first-order valence-corrected chi connectivity index (χ1v) is 6.04. The van der Waals surface area contributed by atoms with Gasteiger partial charge in [-0.05, 0) is 24.3 Å². The molecule has 1 aromatic carbocycles. The van der Waals surface area contributed by atoms with Crippen molar-refractivity contribution in [1.82, 2.24) is 9.97 Å². The smallest absolute Gasteiger partial charge is 0.267 e. The number of carbonyl (C=O) groups is 1. The fraction of sp³-hybridized carbons (Fsp3) is 0.0833. The lowest BCUT2D eigenvalue weighted by Gasteiger charge is -2.19. The monoisotopic (exact) mass is 297 g/mol. The first kappa shape index (κ1) is 13.6. The number of hydroxylamine groups is 1. The van der Waals surface area contributed by atoms with Gasteiger partial charge in [0.1, 0.15) is 0 Å². The zero-order valence-electron chi connectivity index (χ0n) is 9.88. The number of anilines is 1. The molecule has 2 aromatic rings. The summed E-state index contributed by atoms with van der Waals surface area (Å²) in [6, 6.07) is 6.32. The van der Waals surface area contributed by atoms with E-state index in [1.807, 2.05) is 0 Å². The summed E-state index contributed by atoms with van der Waals surface area (Å²) in [5.74, 6) is 0.0342. The number of rotatable bonds is 3. The number of hydrogen-bond donors (Lipinski definition) is 0. The van der Waals surface area contributed by atoms with Crippen LogP contribution in [0.3, 0.4) is 0 Å². The first-order valence-electron chi connectivity index (χ1n) is 5.28. The number of hydrogen-bond acceptors (Lipinski definition) is 4. The van der Waals surface area contributed by atoms with Crippen LogP contribution in [0, 0.1) is 0 Å². The van der Waals surface area contributed by atoms with Crippen LogP contribution < -0.4 is 9.90 Å². The number of halogens is 2. The van der Waals surface area contributed by atoms with Gasteiger partial charge in [-0.1, -0.05) is 23.2 Å². The normalized spacial score (nSPS) is 10.1. The van der Waals surface area contributed by atoms with Crippen LogP contribution in [0.25, 0.3) is 0 Å². The third-order valence-electron chi connectivity index (χ3n) is 2.10. The van der Waals surface area contributed by atoms with Crippen molar-refractivity contribution < 1.29 is 9.63 Å². The van der Waals surface area contributed by atoms with E-state index in [1.165, 1.54) is 25.4 Å². The molecule has 0 aliphatic heterocycles. The van der Waals surface area contributed by atoms with Crippen LogP contribution in [0.1, 0.15) is 6.92 Å². The standard InChI is InChI=1S/C12H9Cl2N3O2/c1-8(18)17(12-15-5-2-6-16-12)19-11-4-3-9(13)7-10(11)14/h2-7H,1H3. The minimum absolute atomic E-state index is 0.126. The second-order valence-corrected chi connectivity index (χ2v) is 4.37. The van der Waals surface area contributed by atoms with E-state index in [-0.39, 0.29) is 22.6 Å². The molecule has 2 rings (SSSR count).